The van der Waals surface area contributed by atoms with Crippen molar-refractivity contribution in [1.82, 2.24) is 0 Å². The maximum atomic E-state index is 11.6. The summed E-state index contributed by atoms with van der Waals surface area (Å²) in [6, 6.07) is 2.93. The number of esters is 1. The minimum absolute atomic E-state index is 0.0973. The first-order chi connectivity index (χ1) is 11.0. The summed E-state index contributed by atoms with van der Waals surface area (Å²) in [5.74, 6) is -0.714. The third-order valence-electron chi connectivity index (χ3n) is 2.07. The van der Waals surface area contributed by atoms with E-state index in [1.54, 1.807) is 0 Å². The van der Waals surface area contributed by atoms with E-state index in [-0.39, 0.29) is 11.3 Å². The Labute approximate surface area is 116 Å². The largest absolute Gasteiger partial charge is 0.493 e. The van der Waals surface area contributed by atoms with E-state index in [2.05, 4.69) is 4.74 Å². The van der Waals surface area contributed by atoms with Gasteiger partial charge >= 0.3 is 5.97 Å². The zero-order valence-corrected chi connectivity index (χ0v) is 10.4. The zero-order valence-electron chi connectivity index (χ0n) is 16.4. The first-order valence-corrected chi connectivity index (χ1v) is 5.03. The molecule has 0 spiro atoms. The predicted octanol–water partition coefficient (Wildman–Crippen LogP) is 2.37. The van der Waals surface area contributed by atoms with Crippen molar-refractivity contribution in [3.8, 4) is 11.5 Å². The lowest BCUT2D eigenvalue weighted by Gasteiger charge is -2.09. The van der Waals surface area contributed by atoms with Crippen LogP contribution < -0.4 is 9.47 Å². The molecular formula is C14H18O4. The molecule has 1 rings (SSSR count). The molecule has 0 radical (unpaired) electrons. The lowest BCUT2D eigenvalue weighted by molar-refractivity contribution is -0.134. The second kappa shape index (κ2) is 6.69. The highest BCUT2D eigenvalue weighted by molar-refractivity contribution is 5.82. The van der Waals surface area contributed by atoms with Gasteiger partial charge in [0.25, 0.3) is 0 Å². The quantitative estimate of drug-likeness (QED) is 0.599. The number of carbonyl (C=O) groups is 1. The lowest BCUT2D eigenvalue weighted by atomic mass is 10.1. The maximum Gasteiger partial charge on any atom is 0.330 e. The molecule has 0 atom stereocenters. The van der Waals surface area contributed by atoms with Crippen LogP contribution in [0.4, 0.5) is 0 Å². The van der Waals surface area contributed by atoms with Crippen molar-refractivity contribution in [2.75, 3.05) is 21.3 Å². The van der Waals surface area contributed by atoms with Crippen molar-refractivity contribution >= 4 is 5.97 Å². The molecule has 4 heteroatoms. The Morgan fingerprint density at radius 3 is 2.67 bits per heavy atom. The average Bonchev–Trinajstić information content (AvgIpc) is 2.51. The Hall–Kier alpha value is -1.97. The van der Waals surface area contributed by atoms with Crippen LogP contribution in [0.1, 0.15) is 20.6 Å². The highest BCUT2D eigenvalue weighted by Crippen LogP contribution is 2.28. The second-order valence-electron chi connectivity index (χ2n) is 3.19. The van der Waals surface area contributed by atoms with E-state index in [0.29, 0.717) is 5.75 Å². The molecule has 4 nitrogen and oxygen atoms in total. The molecule has 0 N–H and O–H groups in total. The smallest absolute Gasteiger partial charge is 0.330 e. The molecule has 98 valence electrons. The van der Waals surface area contributed by atoms with Gasteiger partial charge in [0.2, 0.25) is 0 Å². The molecule has 0 aliphatic heterocycles. The third-order valence-corrected chi connectivity index (χ3v) is 2.07. The Balaban J connectivity index is 3.61. The van der Waals surface area contributed by atoms with Gasteiger partial charge in [-0.05, 0) is 30.9 Å². The van der Waals surface area contributed by atoms with Gasteiger partial charge in [-0.15, -0.1) is 0 Å². The van der Waals surface area contributed by atoms with Crippen LogP contribution in [0, 0.1) is 0 Å². The molecule has 0 unspecified atom stereocenters. The van der Waals surface area contributed by atoms with E-state index in [9.17, 15) is 4.79 Å². The molecule has 0 aliphatic carbocycles. The van der Waals surface area contributed by atoms with Crippen LogP contribution in [-0.2, 0) is 15.9 Å². The van der Waals surface area contributed by atoms with Crippen molar-refractivity contribution < 1.29 is 27.2 Å². The summed E-state index contributed by atoms with van der Waals surface area (Å²) in [5, 5.41) is 0. The SMILES string of the molecule is [2H]/C(C(=O)OC)=C(/C([2H])([2H])[2H])C([2H])([2H])c1ccc(OC)c(OC)c1. The highest BCUT2D eigenvalue weighted by atomic mass is 16.5. The minimum Gasteiger partial charge on any atom is -0.493 e. The first kappa shape index (κ1) is 7.46. The van der Waals surface area contributed by atoms with Crippen LogP contribution in [0.2, 0.25) is 0 Å². The molecule has 0 fully saturated rings. The molecule has 0 heterocycles. The zero-order chi connectivity index (χ0) is 18.7. The van der Waals surface area contributed by atoms with Gasteiger partial charge in [-0.1, -0.05) is 11.6 Å². The van der Waals surface area contributed by atoms with Crippen LogP contribution in [-0.4, -0.2) is 27.3 Å². The summed E-state index contributed by atoms with van der Waals surface area (Å²) in [6.07, 6.45) is -2.63. The normalized spacial score (nSPS) is 17.9. The van der Waals surface area contributed by atoms with Crippen LogP contribution in [0.5, 0.6) is 11.5 Å². The number of methoxy groups -OCH3 is 3. The summed E-state index contributed by atoms with van der Waals surface area (Å²) in [4.78, 5) is 11.6. The summed E-state index contributed by atoms with van der Waals surface area (Å²) in [5.41, 5.74) is -1.06. The molecule has 0 bridgehead atoms. The van der Waals surface area contributed by atoms with E-state index in [1.165, 1.54) is 32.4 Å². The lowest BCUT2D eigenvalue weighted by Crippen LogP contribution is -1.98. The van der Waals surface area contributed by atoms with Crippen molar-refractivity contribution in [3.05, 3.63) is 35.4 Å². The number of hydrogen-bond acceptors (Lipinski definition) is 4. The van der Waals surface area contributed by atoms with Gasteiger partial charge in [-0.3, -0.25) is 0 Å². The minimum atomic E-state index is -3.01. The fourth-order valence-corrected chi connectivity index (χ4v) is 1.24. The number of rotatable bonds is 5. The second-order valence-corrected chi connectivity index (χ2v) is 3.19. The average molecular weight is 256 g/mol. The van der Waals surface area contributed by atoms with Crippen LogP contribution in [0.25, 0.3) is 0 Å². The van der Waals surface area contributed by atoms with Crippen LogP contribution >= 0.6 is 0 Å². The summed E-state index contributed by atoms with van der Waals surface area (Å²) < 4.78 is 61.2. The van der Waals surface area contributed by atoms with Gasteiger partial charge < -0.3 is 14.2 Å². The van der Waals surface area contributed by atoms with Gasteiger partial charge in [0.05, 0.1) is 22.7 Å². The molecular weight excluding hydrogens is 232 g/mol. The van der Waals surface area contributed by atoms with Gasteiger partial charge in [-0.2, -0.15) is 0 Å². The van der Waals surface area contributed by atoms with Gasteiger partial charge in [-0.25, -0.2) is 4.79 Å². The number of benzene rings is 1. The highest BCUT2D eigenvalue weighted by Gasteiger charge is 2.05. The van der Waals surface area contributed by atoms with Crippen LogP contribution in [0.15, 0.2) is 29.8 Å². The standard InChI is InChI=1S/C14H18O4/c1-10(8-14(15)18-4)7-11-5-6-12(16-2)13(9-11)17-3/h5-6,8-9H,7H2,1-4H3/b10-8+/i1D3,7D2,8D. The Kier molecular flexibility index (Phi) is 2.77. The van der Waals surface area contributed by atoms with Crippen molar-refractivity contribution in [2.45, 2.75) is 13.2 Å². The fourth-order valence-electron chi connectivity index (χ4n) is 1.24. The molecule has 18 heavy (non-hydrogen) atoms. The van der Waals surface area contributed by atoms with Gasteiger partial charge in [0, 0.05) is 12.9 Å². The fraction of sp³-hybridized carbons (Fsp3) is 0.357. The molecule has 0 saturated carbocycles. The summed E-state index contributed by atoms with van der Waals surface area (Å²) >= 11 is 0. The third kappa shape index (κ3) is 3.80. The number of allylic oxidation sites excluding steroid dienone is 1. The first-order valence-electron chi connectivity index (χ1n) is 8.03. The van der Waals surface area contributed by atoms with E-state index >= 15 is 0 Å². The number of carbonyl (C=O) groups excluding carboxylic acids is 1. The summed E-state index contributed by atoms with van der Waals surface area (Å²) in [6.45, 7) is -3.01. The van der Waals surface area contributed by atoms with Gasteiger partial charge in [0.15, 0.2) is 11.5 Å². The molecule has 0 aliphatic rings. The predicted molar refractivity (Wildman–Crippen MR) is 69.0 cm³/mol. The van der Waals surface area contributed by atoms with E-state index in [1.807, 2.05) is 0 Å². The molecule has 0 amide bonds. The Morgan fingerprint density at radius 2 is 2.11 bits per heavy atom. The molecule has 1 aromatic carbocycles. The molecule has 0 aromatic heterocycles. The van der Waals surface area contributed by atoms with E-state index in [0.717, 1.165) is 7.11 Å². The molecule has 1 aromatic rings. The Bertz CT molecular complexity index is 651. The number of ether oxygens (including phenoxy) is 3. The van der Waals surface area contributed by atoms with Crippen molar-refractivity contribution in [1.29, 1.82) is 0 Å². The van der Waals surface area contributed by atoms with E-state index in [4.69, 9.17) is 17.7 Å². The van der Waals surface area contributed by atoms with Crippen LogP contribution in [0.3, 0.4) is 0 Å². The van der Waals surface area contributed by atoms with Gasteiger partial charge in [0.1, 0.15) is 0 Å². The molecule has 0 saturated heterocycles. The maximum absolute atomic E-state index is 11.6. The Morgan fingerprint density at radius 1 is 1.39 bits per heavy atom. The van der Waals surface area contributed by atoms with Crippen molar-refractivity contribution in [2.24, 2.45) is 0 Å². The summed E-state index contributed by atoms with van der Waals surface area (Å²) in [7, 11) is 3.74. The monoisotopic (exact) mass is 256 g/mol. The number of hydrogen-bond donors (Lipinski definition) is 0. The topological polar surface area (TPSA) is 44.8 Å². The van der Waals surface area contributed by atoms with E-state index < -0.39 is 30.8 Å². The van der Waals surface area contributed by atoms with Crippen molar-refractivity contribution in [3.63, 3.8) is 0 Å².